The SMILES string of the molecule is SCC=Cc1cc(Br)c(Br)s1. The third kappa shape index (κ3) is 2.93. The van der Waals surface area contributed by atoms with Gasteiger partial charge in [-0.25, -0.2) is 0 Å². The molecule has 1 heterocycles. The molecule has 0 saturated heterocycles. The molecule has 0 atom stereocenters. The molecule has 0 nitrogen and oxygen atoms in total. The molecule has 1 rings (SSSR count). The van der Waals surface area contributed by atoms with E-state index in [1.165, 1.54) is 4.88 Å². The Bertz CT molecular complexity index is 246. The first-order valence-corrected chi connectivity index (χ1v) is 5.99. The summed E-state index contributed by atoms with van der Waals surface area (Å²) in [5, 5.41) is 0. The summed E-state index contributed by atoms with van der Waals surface area (Å²) in [4.78, 5) is 1.23. The Labute approximate surface area is 92.4 Å². The molecule has 0 aliphatic carbocycles. The predicted octanol–water partition coefficient (Wildman–Crippen LogP) is 4.22. The minimum absolute atomic E-state index is 0.785. The largest absolute Gasteiger partial charge is 0.175 e. The predicted molar refractivity (Wildman–Crippen MR) is 62.6 cm³/mol. The summed E-state index contributed by atoms with van der Waals surface area (Å²) in [5.74, 6) is 0.785. The Morgan fingerprint density at radius 1 is 1.55 bits per heavy atom. The summed E-state index contributed by atoms with van der Waals surface area (Å²) in [6, 6.07) is 2.08. The van der Waals surface area contributed by atoms with Gasteiger partial charge in [0.2, 0.25) is 0 Å². The lowest BCUT2D eigenvalue weighted by molar-refractivity contribution is 1.79. The highest BCUT2D eigenvalue weighted by atomic mass is 79.9. The molecule has 0 aromatic carbocycles. The van der Waals surface area contributed by atoms with Gasteiger partial charge >= 0.3 is 0 Å². The molecule has 0 spiro atoms. The highest BCUT2D eigenvalue weighted by Gasteiger charge is 1.99. The van der Waals surface area contributed by atoms with Crippen LogP contribution in [0.4, 0.5) is 0 Å². The van der Waals surface area contributed by atoms with Gasteiger partial charge < -0.3 is 0 Å². The van der Waals surface area contributed by atoms with Crippen LogP contribution in [0.1, 0.15) is 4.88 Å². The van der Waals surface area contributed by atoms with Crippen LogP contribution in [0.2, 0.25) is 0 Å². The van der Waals surface area contributed by atoms with Gasteiger partial charge in [0.15, 0.2) is 0 Å². The van der Waals surface area contributed by atoms with Gasteiger partial charge in [0, 0.05) is 15.1 Å². The fourth-order valence-electron chi connectivity index (χ4n) is 0.614. The average Bonchev–Trinajstić information content (AvgIpc) is 2.28. The van der Waals surface area contributed by atoms with Crippen LogP contribution in [-0.2, 0) is 0 Å². The molecule has 4 heteroatoms. The van der Waals surface area contributed by atoms with Crippen LogP contribution in [0.25, 0.3) is 6.08 Å². The van der Waals surface area contributed by atoms with E-state index < -0.39 is 0 Å². The van der Waals surface area contributed by atoms with E-state index in [4.69, 9.17) is 0 Å². The van der Waals surface area contributed by atoms with E-state index >= 15 is 0 Å². The van der Waals surface area contributed by atoms with Crippen LogP contribution in [0.5, 0.6) is 0 Å². The van der Waals surface area contributed by atoms with E-state index in [2.05, 4.69) is 56.6 Å². The molecule has 0 radical (unpaired) electrons. The molecule has 0 fully saturated rings. The molecule has 0 aliphatic heterocycles. The quantitative estimate of drug-likeness (QED) is 0.777. The molecular formula is C7H6Br2S2. The van der Waals surface area contributed by atoms with E-state index in [9.17, 15) is 0 Å². The fraction of sp³-hybridized carbons (Fsp3) is 0.143. The Hall–Kier alpha value is 0.750. The second-order valence-corrected chi connectivity index (χ2v) is 5.48. The van der Waals surface area contributed by atoms with Gasteiger partial charge in [-0.05, 0) is 44.0 Å². The molecule has 0 amide bonds. The standard InChI is InChI=1S/C7H6Br2S2/c8-6-4-5(2-1-3-10)11-7(6)9/h1-2,4,10H,3H2. The first-order valence-electron chi connectivity index (χ1n) is 2.96. The van der Waals surface area contributed by atoms with E-state index in [1.54, 1.807) is 11.3 Å². The topological polar surface area (TPSA) is 0 Å². The minimum atomic E-state index is 0.785. The molecular weight excluding hydrogens is 308 g/mol. The Morgan fingerprint density at radius 2 is 2.27 bits per heavy atom. The Kier molecular flexibility index (Phi) is 4.20. The summed E-state index contributed by atoms with van der Waals surface area (Å²) in [6.07, 6.45) is 4.08. The summed E-state index contributed by atoms with van der Waals surface area (Å²) < 4.78 is 2.25. The smallest absolute Gasteiger partial charge is 0.0846 e. The highest BCUT2D eigenvalue weighted by molar-refractivity contribution is 9.13. The summed E-state index contributed by atoms with van der Waals surface area (Å²) >= 11 is 12.6. The number of thiophene rings is 1. The van der Waals surface area contributed by atoms with Gasteiger partial charge in [-0.3, -0.25) is 0 Å². The van der Waals surface area contributed by atoms with Crippen LogP contribution in [0.3, 0.4) is 0 Å². The lowest BCUT2D eigenvalue weighted by atomic mass is 10.4. The number of thiol groups is 1. The summed E-state index contributed by atoms with van der Waals surface area (Å²) in [7, 11) is 0. The van der Waals surface area contributed by atoms with E-state index in [0.29, 0.717) is 0 Å². The second-order valence-electron chi connectivity index (χ2n) is 1.86. The van der Waals surface area contributed by atoms with Crippen molar-refractivity contribution in [3.63, 3.8) is 0 Å². The third-order valence-corrected chi connectivity index (χ3v) is 4.48. The average molecular weight is 314 g/mol. The first kappa shape index (κ1) is 9.84. The van der Waals surface area contributed by atoms with E-state index in [-0.39, 0.29) is 0 Å². The number of hydrogen-bond acceptors (Lipinski definition) is 2. The molecule has 0 N–H and O–H groups in total. The van der Waals surface area contributed by atoms with Gasteiger partial charge in [-0.2, -0.15) is 12.6 Å². The number of hydrogen-bond donors (Lipinski definition) is 1. The molecule has 1 aromatic rings. The van der Waals surface area contributed by atoms with Gasteiger partial charge in [0.1, 0.15) is 0 Å². The normalized spacial score (nSPS) is 11.2. The minimum Gasteiger partial charge on any atom is -0.175 e. The zero-order chi connectivity index (χ0) is 8.27. The van der Waals surface area contributed by atoms with Crippen molar-refractivity contribution in [1.82, 2.24) is 0 Å². The maximum atomic E-state index is 4.08. The van der Waals surface area contributed by atoms with Gasteiger partial charge in [-0.1, -0.05) is 6.08 Å². The second kappa shape index (κ2) is 4.70. The number of halogens is 2. The van der Waals surface area contributed by atoms with Crippen LogP contribution in [0, 0.1) is 0 Å². The van der Waals surface area contributed by atoms with Crippen LogP contribution in [0.15, 0.2) is 20.4 Å². The van der Waals surface area contributed by atoms with Crippen molar-refractivity contribution in [2.45, 2.75) is 0 Å². The number of rotatable bonds is 2. The maximum absolute atomic E-state index is 4.08. The molecule has 0 unspecified atom stereocenters. The van der Waals surface area contributed by atoms with Crippen molar-refractivity contribution in [1.29, 1.82) is 0 Å². The van der Waals surface area contributed by atoms with Crippen LogP contribution >= 0.6 is 55.8 Å². The summed E-state index contributed by atoms with van der Waals surface area (Å²) in [6.45, 7) is 0. The molecule has 11 heavy (non-hydrogen) atoms. The van der Waals surface area contributed by atoms with E-state index in [1.807, 2.05) is 6.08 Å². The Morgan fingerprint density at radius 3 is 2.73 bits per heavy atom. The van der Waals surface area contributed by atoms with Gasteiger partial charge in [0.25, 0.3) is 0 Å². The fourth-order valence-corrected chi connectivity index (χ4v) is 2.74. The van der Waals surface area contributed by atoms with Crippen LogP contribution < -0.4 is 0 Å². The molecule has 0 saturated carbocycles. The van der Waals surface area contributed by atoms with Crippen molar-refractivity contribution in [3.8, 4) is 0 Å². The molecule has 0 aliphatic rings. The van der Waals surface area contributed by atoms with Crippen molar-refractivity contribution in [3.05, 3.63) is 25.3 Å². The molecule has 1 aromatic heterocycles. The maximum Gasteiger partial charge on any atom is 0.0846 e. The van der Waals surface area contributed by atoms with Crippen molar-refractivity contribution < 1.29 is 0 Å². The van der Waals surface area contributed by atoms with Gasteiger partial charge in [-0.15, -0.1) is 11.3 Å². The zero-order valence-electron chi connectivity index (χ0n) is 5.55. The third-order valence-electron chi connectivity index (χ3n) is 1.05. The van der Waals surface area contributed by atoms with Crippen molar-refractivity contribution in [2.75, 3.05) is 5.75 Å². The monoisotopic (exact) mass is 312 g/mol. The Balaban J connectivity index is 2.80. The lowest BCUT2D eigenvalue weighted by Crippen LogP contribution is -1.59. The van der Waals surface area contributed by atoms with E-state index in [0.717, 1.165) is 14.0 Å². The lowest BCUT2D eigenvalue weighted by Gasteiger charge is -1.79. The molecule has 60 valence electrons. The molecule has 0 bridgehead atoms. The van der Waals surface area contributed by atoms with Crippen molar-refractivity contribution in [2.24, 2.45) is 0 Å². The zero-order valence-corrected chi connectivity index (χ0v) is 10.4. The highest BCUT2D eigenvalue weighted by Crippen LogP contribution is 2.32. The summed E-state index contributed by atoms with van der Waals surface area (Å²) in [5.41, 5.74) is 0. The van der Waals surface area contributed by atoms with Gasteiger partial charge in [0.05, 0.1) is 3.79 Å². The first-order chi connectivity index (χ1) is 5.24. The van der Waals surface area contributed by atoms with Crippen LogP contribution in [-0.4, -0.2) is 5.75 Å². The van der Waals surface area contributed by atoms with Crippen molar-refractivity contribution >= 4 is 61.9 Å².